The average molecular weight is 2100 g/mol. The monoisotopic (exact) mass is 2100 g/mol. The molecular formula is C105H100F15N15O5S5. The summed E-state index contributed by atoms with van der Waals surface area (Å²) in [6, 6.07) is 39.3. The van der Waals surface area contributed by atoms with Gasteiger partial charge in [-0.05, 0) is 348 Å². The molecule has 5 aliphatic heterocycles. The quantitative estimate of drug-likeness (QED) is 0.0596. The molecule has 5 heterocycles. The minimum atomic E-state index is -1.00. The zero-order valence-corrected chi connectivity index (χ0v) is 83.0. The first-order valence-electron chi connectivity index (χ1n) is 46.9. The van der Waals surface area contributed by atoms with Gasteiger partial charge in [-0.25, -0.2) is 90.9 Å². The van der Waals surface area contributed by atoms with E-state index in [-0.39, 0.29) is 75.8 Å². The smallest absolute Gasteiger partial charge is 0.241 e. The number of nitrogens with two attached hydrogens (primary N) is 5. The summed E-state index contributed by atoms with van der Waals surface area (Å²) in [6.45, 7) is 8.94. The number of carbonyl (C=O) groups is 5. The summed E-state index contributed by atoms with van der Waals surface area (Å²) in [5, 5.41) is 30.8. The highest BCUT2D eigenvalue weighted by molar-refractivity contribution is 8.16. The highest BCUT2D eigenvalue weighted by atomic mass is 32.2. The highest BCUT2D eigenvalue weighted by Gasteiger charge is 2.62. The molecule has 10 atom stereocenters. The molecule has 20 rings (SSSR count). The van der Waals surface area contributed by atoms with Crippen molar-refractivity contribution in [1.29, 1.82) is 0 Å². The normalized spacial score (nSPS) is 23.3. The number of amides is 5. The zero-order chi connectivity index (χ0) is 104. The van der Waals surface area contributed by atoms with Gasteiger partial charge in [0.15, 0.2) is 23.3 Å². The van der Waals surface area contributed by atoms with Gasteiger partial charge in [-0.2, -0.15) is 25.5 Å². The van der Waals surface area contributed by atoms with Crippen molar-refractivity contribution in [3.05, 3.63) is 353 Å². The van der Waals surface area contributed by atoms with Crippen molar-refractivity contribution in [2.24, 2.45) is 83.8 Å². The number of nitrogens with zero attached hydrogens (tertiary/aromatic N) is 10. The third kappa shape index (κ3) is 20.6. The van der Waals surface area contributed by atoms with Crippen LogP contribution in [0.5, 0.6) is 0 Å². The van der Waals surface area contributed by atoms with E-state index in [9.17, 15) is 89.8 Å². The fourth-order valence-electron chi connectivity index (χ4n) is 21.3. The van der Waals surface area contributed by atoms with Crippen molar-refractivity contribution >= 4 is 114 Å². The van der Waals surface area contributed by atoms with E-state index in [1.165, 1.54) is 228 Å². The maximum Gasteiger partial charge on any atom is 0.241 e. The molecular weight excluding hydrogens is 2000 g/mol. The predicted molar refractivity (Wildman–Crippen MR) is 533 cm³/mol. The topological polar surface area (TPSA) is 293 Å². The first-order valence-corrected chi connectivity index (χ1v) is 51.0. The number of halogens is 15. The Morgan fingerprint density at radius 2 is 0.434 bits per heavy atom. The lowest BCUT2D eigenvalue weighted by Crippen LogP contribution is -2.49. The van der Waals surface area contributed by atoms with Crippen LogP contribution >= 0.6 is 58.8 Å². The second-order valence-corrected chi connectivity index (χ2v) is 42.5. The Hall–Kier alpha value is -11.6. The Morgan fingerprint density at radius 1 is 0.248 bits per heavy atom. The maximum atomic E-state index is 14.2. The molecule has 0 fully saturated rings. The van der Waals surface area contributed by atoms with Gasteiger partial charge >= 0.3 is 0 Å². The molecule has 10 aliphatic rings. The molecule has 20 nitrogen and oxygen atoms in total. The van der Waals surface area contributed by atoms with Crippen molar-refractivity contribution < 1.29 is 89.8 Å². The summed E-state index contributed by atoms with van der Waals surface area (Å²) in [6.07, 6.45) is 10.5. The summed E-state index contributed by atoms with van der Waals surface area (Å²) in [5.41, 5.74) is 38.7. The van der Waals surface area contributed by atoms with E-state index in [2.05, 4.69) is 25.5 Å². The molecule has 0 bridgehead atoms. The van der Waals surface area contributed by atoms with Crippen LogP contribution in [0.4, 0.5) is 65.9 Å². The minimum Gasteiger partial charge on any atom is -0.330 e. The molecule has 10 aromatic carbocycles. The molecule has 40 heteroatoms. The highest BCUT2D eigenvalue weighted by Crippen LogP contribution is 2.64. The molecule has 0 unspecified atom stereocenters. The third-order valence-corrected chi connectivity index (χ3v) is 35.1. The van der Waals surface area contributed by atoms with E-state index in [1.54, 1.807) is 30.3 Å². The van der Waals surface area contributed by atoms with E-state index in [0.717, 1.165) is 134 Å². The van der Waals surface area contributed by atoms with Gasteiger partial charge in [0.2, 0.25) is 29.5 Å². The van der Waals surface area contributed by atoms with Gasteiger partial charge in [0.1, 0.15) is 114 Å². The van der Waals surface area contributed by atoms with E-state index < -0.39 is 112 Å². The first kappa shape index (κ1) is 106. The molecule has 0 radical (unpaired) electrons. The summed E-state index contributed by atoms with van der Waals surface area (Å²) < 4.78 is 208. The van der Waals surface area contributed by atoms with Gasteiger partial charge in [0, 0.05) is 80.6 Å². The molecule has 5 spiro atoms. The Morgan fingerprint density at radius 3 is 0.607 bits per heavy atom. The zero-order valence-electron chi connectivity index (χ0n) is 79.0. The van der Waals surface area contributed by atoms with Crippen LogP contribution in [0.1, 0.15) is 182 Å². The van der Waals surface area contributed by atoms with Crippen molar-refractivity contribution in [1.82, 2.24) is 25.0 Å². The van der Waals surface area contributed by atoms with E-state index >= 15 is 0 Å². The summed E-state index contributed by atoms with van der Waals surface area (Å²) in [7, 11) is 0. The van der Waals surface area contributed by atoms with Gasteiger partial charge in [0.05, 0.1) is 0 Å². The number of hydrogen-bond acceptors (Lipinski definition) is 20. The van der Waals surface area contributed by atoms with Crippen LogP contribution in [0.15, 0.2) is 207 Å². The van der Waals surface area contributed by atoms with Crippen LogP contribution in [-0.4, -0.2) is 113 Å². The molecule has 0 saturated heterocycles. The number of fused-ring (bicyclic) bond motifs is 10. The van der Waals surface area contributed by atoms with E-state index in [0.29, 0.717) is 129 Å². The van der Waals surface area contributed by atoms with Crippen molar-refractivity contribution in [3.63, 3.8) is 0 Å². The third-order valence-electron chi connectivity index (χ3n) is 27.4. The Balaban J connectivity index is 0.000000130. The Bertz CT molecular complexity index is 6330. The Kier molecular flexibility index (Phi) is 32.1. The van der Waals surface area contributed by atoms with E-state index in [4.69, 9.17) is 28.7 Å². The summed E-state index contributed by atoms with van der Waals surface area (Å²) >= 11 is 6.28. The maximum absolute atomic E-state index is 14.2. The van der Waals surface area contributed by atoms with Crippen LogP contribution in [-0.2, 0) is 80.4 Å². The van der Waals surface area contributed by atoms with Gasteiger partial charge < -0.3 is 28.7 Å². The predicted octanol–water partition coefficient (Wildman–Crippen LogP) is 20.6. The lowest BCUT2D eigenvalue weighted by atomic mass is 9.77. The average Bonchev–Trinajstić information content (AvgIpc) is 1.60. The number of thioether (sulfide) groups is 5. The van der Waals surface area contributed by atoms with Crippen LogP contribution in [0.3, 0.4) is 0 Å². The lowest BCUT2D eigenvalue weighted by Gasteiger charge is -2.45. The molecule has 145 heavy (non-hydrogen) atoms. The number of benzene rings is 10. The molecule has 5 amide bonds. The van der Waals surface area contributed by atoms with Crippen molar-refractivity contribution in [3.8, 4) is 0 Å². The molecule has 0 saturated carbocycles. The van der Waals surface area contributed by atoms with Crippen molar-refractivity contribution in [2.45, 2.75) is 155 Å². The molecule has 10 aromatic rings. The number of hydrogen-bond donors (Lipinski definition) is 5. The molecule has 760 valence electrons. The van der Waals surface area contributed by atoms with E-state index in [1.807, 2.05) is 0 Å². The van der Waals surface area contributed by atoms with Gasteiger partial charge in [-0.15, -0.1) is 0 Å². The Labute approximate surface area is 847 Å². The molecule has 0 aromatic heterocycles. The fourth-order valence-corrected chi connectivity index (χ4v) is 29.4. The van der Waals surface area contributed by atoms with Crippen molar-refractivity contribution in [2.75, 3.05) is 32.7 Å². The SMILES string of the molecule is CC(=O)N1N=C(c2cc(F)cc(F)c2)S[C@@]12c1cc(F)ccc1CC[C@@H]2CCN.CC(=O)N1N=C(c2cc(F)cc(F)c2)S[C@@]12c1cc(F)ccc1CC[C@H]2CCN.CC(=O)N1N=C(c2cc(F)cc(F)c2)S[C@]12c1cc(F)ccc1CC[C@H]2CCN.CC(=O)N1N=C(c2ccc(F)c(F)c2)S[C@@]12c1cc(F)ccc1CC[C@@H]2CCN.CC(=O)N1N=C(c2ccc(F)c(F)c2)S[C@]12c1cc(F)ccc1CC[C@H]2CCN. The lowest BCUT2D eigenvalue weighted by molar-refractivity contribution is -0.135. The van der Waals surface area contributed by atoms with Crippen LogP contribution in [0, 0.1) is 117 Å². The number of carbonyl (C=O) groups excluding carboxylic acids is 5. The van der Waals surface area contributed by atoms with Gasteiger partial charge in [-0.3, -0.25) is 24.0 Å². The standard InChI is InChI=1S/5C21H20F3N3OS/c2*1-12(28)27-21(29-20(26-27)14-4-7-18(23)19(24)10-14)15(8-9-25)5-2-13-3-6-16(22)11-17(13)21;3*1-12(28)27-21(29-20(26-27)14-8-17(23)10-18(24)9-14)15(6-7-25)4-2-13-3-5-16(22)11-19(13)21/h2*3-4,6-7,10-11,15H,2,5,8-9,25H2,1H3;3*3,5,8-11,15H,2,4,6-7,25H2,1H3/t4*15-,21+;15-,21-/m10100/s1. The minimum absolute atomic E-state index is 0.0674. The summed E-state index contributed by atoms with van der Waals surface area (Å²) in [4.78, 5) is 58.1. The molecule has 10 N–H and O–H groups in total. The first-order chi connectivity index (χ1) is 69.3. The fraction of sp³-hybridized carbons (Fsp3) is 0.333. The van der Waals surface area contributed by atoms with Crippen LogP contribution in [0.25, 0.3) is 0 Å². The van der Waals surface area contributed by atoms with Gasteiger partial charge in [0.25, 0.3) is 0 Å². The number of aryl methyl sites for hydroxylation is 5. The largest absolute Gasteiger partial charge is 0.330 e. The number of rotatable bonds is 15. The van der Waals surface area contributed by atoms with Crippen LogP contribution in [0.2, 0.25) is 0 Å². The molecule has 5 aliphatic carbocycles. The summed E-state index contributed by atoms with van der Waals surface area (Å²) in [5.74, 6) is -12.3. The number of hydrazone groups is 5. The second-order valence-electron chi connectivity index (χ2n) is 36.5. The van der Waals surface area contributed by atoms with Crippen LogP contribution < -0.4 is 28.7 Å². The second kappa shape index (κ2) is 43.8. The van der Waals surface area contributed by atoms with Gasteiger partial charge in [-0.1, -0.05) is 89.1 Å².